The van der Waals surface area contributed by atoms with Crippen LogP contribution in [0, 0.1) is 0 Å². The van der Waals surface area contributed by atoms with Crippen molar-refractivity contribution in [1.29, 1.82) is 0 Å². The summed E-state index contributed by atoms with van der Waals surface area (Å²) in [6, 6.07) is 0. The normalized spacial score (nSPS) is 44.5. The average Bonchev–Trinajstić information content (AvgIpc) is 1.93. The van der Waals surface area contributed by atoms with Crippen LogP contribution in [0.5, 0.6) is 0 Å². The van der Waals surface area contributed by atoms with Crippen LogP contribution in [0.1, 0.15) is 0 Å². The van der Waals surface area contributed by atoms with Gasteiger partial charge in [0, 0.05) is 0 Å². The largest absolute Gasteiger partial charge is 1.00 e. The molecule has 0 spiro atoms. The number of halogens is 4. The molecule has 3 rings (SSSR count). The fourth-order valence-corrected chi connectivity index (χ4v) is 1.75. The molecule has 3 saturated heterocycles. The van der Waals surface area contributed by atoms with E-state index in [1.54, 1.807) is 0 Å². The Hall–Kier alpha value is -0.360. The van der Waals surface area contributed by atoms with E-state index in [-0.39, 0.29) is 18.8 Å². The third kappa shape index (κ3) is 1.69. The van der Waals surface area contributed by atoms with Gasteiger partial charge in [-0.1, -0.05) is 0 Å². The van der Waals surface area contributed by atoms with Gasteiger partial charge in [-0.25, -0.2) is 0 Å². The first-order chi connectivity index (χ1) is 4.62. The molecular formula is C6H12F4N2. The van der Waals surface area contributed by atoms with Crippen LogP contribution in [-0.2, 0) is 0 Å². The van der Waals surface area contributed by atoms with E-state index >= 15 is 0 Å². The monoisotopic (exact) mass is 188 g/mol. The summed E-state index contributed by atoms with van der Waals surface area (Å²) in [6.07, 6.45) is 0. The Labute approximate surface area is 68.2 Å². The van der Waals surface area contributed by atoms with Crippen molar-refractivity contribution in [2.75, 3.05) is 39.3 Å². The van der Waals surface area contributed by atoms with Gasteiger partial charge in [0.05, 0.1) is 0 Å². The Bertz CT molecular complexity index is 121. The lowest BCUT2D eigenvalue weighted by atomic mass is 10.2. The summed E-state index contributed by atoms with van der Waals surface area (Å²) in [7, 11) is 0. The van der Waals surface area contributed by atoms with Crippen LogP contribution in [0.15, 0.2) is 0 Å². The molecule has 0 N–H and O–H groups in total. The minimum absolute atomic E-state index is 0. The number of rotatable bonds is 0. The van der Waals surface area contributed by atoms with E-state index < -0.39 is 0 Å². The second-order valence-corrected chi connectivity index (χ2v) is 3.40. The van der Waals surface area contributed by atoms with E-state index in [0.717, 1.165) is 0 Å². The summed E-state index contributed by atoms with van der Waals surface area (Å²) in [6.45, 7) is 2.23. The van der Waals surface area contributed by atoms with Gasteiger partial charge in [0.15, 0.2) is 39.3 Å². The molecule has 3 fully saturated rings. The first-order valence-electron chi connectivity index (χ1n) is 3.74. The third-order valence-corrected chi connectivity index (χ3v) is 2.70. The van der Waals surface area contributed by atoms with Crippen molar-refractivity contribution in [3.05, 3.63) is 0 Å². The fourth-order valence-electron chi connectivity index (χ4n) is 1.75. The molecule has 3 aliphatic heterocycles. The van der Waals surface area contributed by atoms with Gasteiger partial charge in [0.2, 0.25) is 0 Å². The van der Waals surface area contributed by atoms with Crippen molar-refractivity contribution in [1.82, 2.24) is 0 Å². The van der Waals surface area contributed by atoms with Gasteiger partial charge in [-0.3, -0.25) is 0 Å². The molecule has 0 atom stereocenters. The lowest BCUT2D eigenvalue weighted by Gasteiger charge is -2.42. The molecule has 0 aromatic heterocycles. The molecule has 74 valence electrons. The maximum atomic E-state index is 13.3. The number of hydrogen-bond donors (Lipinski definition) is 0. The summed E-state index contributed by atoms with van der Waals surface area (Å²) in [5, 5.41) is 0. The zero-order valence-electron chi connectivity index (χ0n) is 6.65. The second kappa shape index (κ2) is 3.18. The molecule has 0 aromatic carbocycles. The van der Waals surface area contributed by atoms with Gasteiger partial charge < -0.3 is 9.41 Å². The van der Waals surface area contributed by atoms with E-state index in [9.17, 15) is 8.96 Å². The molecule has 3 aliphatic rings. The Kier molecular flexibility index (Phi) is 3.08. The van der Waals surface area contributed by atoms with Crippen LogP contribution in [0.4, 0.5) is 8.96 Å². The van der Waals surface area contributed by atoms with Gasteiger partial charge in [0.1, 0.15) is 0 Å². The lowest BCUT2D eigenvalue weighted by molar-refractivity contribution is -1.19. The van der Waals surface area contributed by atoms with Crippen molar-refractivity contribution in [3.8, 4) is 0 Å². The highest BCUT2D eigenvalue weighted by molar-refractivity contribution is 4.52. The molecule has 0 unspecified atom stereocenters. The predicted octanol–water partition coefficient (Wildman–Crippen LogP) is -5.58. The first kappa shape index (κ1) is 11.6. The molecule has 0 amide bonds. The highest BCUT2D eigenvalue weighted by Crippen LogP contribution is 2.26. The zero-order chi connectivity index (χ0) is 7.24. The number of piperazine rings is 3. The molecule has 0 saturated carbocycles. The molecular weight excluding hydrogens is 176 g/mol. The second-order valence-electron chi connectivity index (χ2n) is 3.40. The smallest absolute Gasteiger partial charge is 0.168 e. The van der Waals surface area contributed by atoms with Gasteiger partial charge in [-0.15, -0.1) is 9.41 Å². The molecule has 3 heterocycles. The third-order valence-electron chi connectivity index (χ3n) is 2.70. The average molecular weight is 188 g/mol. The van der Waals surface area contributed by atoms with E-state index in [4.69, 9.17) is 0 Å². The quantitative estimate of drug-likeness (QED) is 0.263. The SMILES string of the molecule is F[N+]12CC[N+](F)(CC1)CC2.[F-].[F-]. The summed E-state index contributed by atoms with van der Waals surface area (Å²) in [5.74, 6) is 0. The molecule has 0 aliphatic carbocycles. The molecule has 0 radical (unpaired) electrons. The summed E-state index contributed by atoms with van der Waals surface area (Å²) in [4.78, 5) is 0. The van der Waals surface area contributed by atoms with Crippen molar-refractivity contribution < 1.29 is 27.8 Å². The Morgan fingerprint density at radius 1 is 0.583 bits per heavy atom. The summed E-state index contributed by atoms with van der Waals surface area (Å²) < 4.78 is 25.8. The van der Waals surface area contributed by atoms with Crippen molar-refractivity contribution in [2.45, 2.75) is 0 Å². The zero-order valence-corrected chi connectivity index (χ0v) is 6.65. The molecule has 12 heavy (non-hydrogen) atoms. The van der Waals surface area contributed by atoms with Crippen molar-refractivity contribution in [2.24, 2.45) is 0 Å². The fraction of sp³-hybridized carbons (Fsp3) is 1.00. The highest BCUT2D eigenvalue weighted by atomic mass is 19.2. The highest BCUT2D eigenvalue weighted by Gasteiger charge is 2.52. The van der Waals surface area contributed by atoms with Gasteiger partial charge in [-0.2, -0.15) is 0 Å². The first-order valence-corrected chi connectivity index (χ1v) is 3.74. The van der Waals surface area contributed by atoms with E-state index in [1.807, 2.05) is 0 Å². The molecule has 6 heteroatoms. The van der Waals surface area contributed by atoms with Crippen LogP contribution < -0.4 is 9.41 Å². The Morgan fingerprint density at radius 3 is 0.917 bits per heavy atom. The minimum Gasteiger partial charge on any atom is -1.00 e. The lowest BCUT2D eigenvalue weighted by Crippen LogP contribution is -3.00. The van der Waals surface area contributed by atoms with Crippen molar-refractivity contribution >= 4 is 0 Å². The minimum atomic E-state index is -0.385. The van der Waals surface area contributed by atoms with Crippen molar-refractivity contribution in [3.63, 3.8) is 0 Å². The van der Waals surface area contributed by atoms with Crippen LogP contribution in [0.3, 0.4) is 0 Å². The van der Waals surface area contributed by atoms with E-state index in [1.165, 1.54) is 0 Å². The maximum absolute atomic E-state index is 13.3. The molecule has 2 bridgehead atoms. The van der Waals surface area contributed by atoms with Gasteiger partial charge in [0.25, 0.3) is 0 Å². The number of hydrogen-bond acceptors (Lipinski definition) is 0. The topological polar surface area (TPSA) is 0 Å². The molecule has 0 aromatic rings. The Morgan fingerprint density at radius 2 is 0.750 bits per heavy atom. The van der Waals surface area contributed by atoms with E-state index in [0.29, 0.717) is 39.3 Å². The summed E-state index contributed by atoms with van der Waals surface area (Å²) in [5.41, 5.74) is 0. The van der Waals surface area contributed by atoms with Gasteiger partial charge in [-0.05, 0) is 8.96 Å². The standard InChI is InChI=1S/C6H12F2N2.2FH/c7-9-1-2-10(8,5-3-9)6-4-9;;/h1-6H2;2*1H/q+2;;/p-2. The number of fused-ring (bicyclic) bond motifs is 3. The van der Waals surface area contributed by atoms with Crippen LogP contribution in [-0.4, -0.2) is 48.7 Å². The predicted molar refractivity (Wildman–Crippen MR) is 31.9 cm³/mol. The summed E-state index contributed by atoms with van der Waals surface area (Å²) >= 11 is 0. The Balaban J connectivity index is 0.000000605. The van der Waals surface area contributed by atoms with Crippen LogP contribution >= 0.6 is 0 Å². The van der Waals surface area contributed by atoms with E-state index in [2.05, 4.69) is 0 Å². The number of quaternary nitrogens is 2. The number of nitrogens with zero attached hydrogens (tertiary/aromatic N) is 2. The van der Waals surface area contributed by atoms with Crippen LogP contribution in [0.25, 0.3) is 0 Å². The molecule has 2 nitrogen and oxygen atoms in total. The maximum Gasteiger partial charge on any atom is 0.168 e. The van der Waals surface area contributed by atoms with Gasteiger partial charge >= 0.3 is 0 Å². The van der Waals surface area contributed by atoms with Crippen LogP contribution in [0.2, 0.25) is 0 Å².